The molecule has 0 atom stereocenters. The minimum absolute atomic E-state index is 0.0680. The molecule has 0 aliphatic heterocycles. The van der Waals surface area contributed by atoms with Crippen LogP contribution in [-0.2, 0) is 16.1 Å². The molecule has 0 heterocycles. The maximum absolute atomic E-state index is 13.3. The number of amides is 2. The Bertz CT molecular complexity index is 704. The Morgan fingerprint density at radius 3 is 2.38 bits per heavy atom. The molecule has 0 saturated heterocycles. The first-order chi connectivity index (χ1) is 11.5. The van der Waals surface area contributed by atoms with Crippen LogP contribution in [0.4, 0.5) is 10.1 Å². The molecule has 0 bridgehead atoms. The molecule has 0 aliphatic rings. The molecule has 4 nitrogen and oxygen atoms in total. The number of hydrogen-bond acceptors (Lipinski definition) is 2. The lowest BCUT2D eigenvalue weighted by Gasteiger charge is -2.23. The van der Waals surface area contributed by atoms with Crippen LogP contribution in [-0.4, -0.2) is 30.3 Å². The highest BCUT2D eigenvalue weighted by atomic mass is 19.1. The molecular weight excluding hydrogens is 307 g/mol. The summed E-state index contributed by atoms with van der Waals surface area (Å²) in [5, 5.41) is 0. The Morgan fingerprint density at radius 2 is 1.75 bits per heavy atom. The number of hydrogen-bond donors (Lipinski definition) is 0. The first-order valence-corrected chi connectivity index (χ1v) is 7.79. The van der Waals surface area contributed by atoms with Gasteiger partial charge in [-0.25, -0.2) is 4.39 Å². The summed E-state index contributed by atoms with van der Waals surface area (Å²) in [7, 11) is 1.73. The van der Waals surface area contributed by atoms with E-state index in [0.717, 1.165) is 5.56 Å². The molecule has 0 aromatic heterocycles. The third-order valence-electron chi connectivity index (χ3n) is 3.74. The molecule has 2 aromatic carbocycles. The lowest BCUT2D eigenvalue weighted by atomic mass is 10.2. The average Bonchev–Trinajstić information content (AvgIpc) is 2.55. The van der Waals surface area contributed by atoms with Crippen LogP contribution in [0.25, 0.3) is 0 Å². The van der Waals surface area contributed by atoms with Gasteiger partial charge in [0.15, 0.2) is 0 Å². The second kappa shape index (κ2) is 8.24. The molecular formula is C19H21FN2O2. The SMILES string of the molecule is CC(=O)N(CCC(=O)N(C)Cc1ccccc1)c1cccc(F)c1. The molecule has 0 aliphatic carbocycles. The van der Waals surface area contributed by atoms with Gasteiger partial charge in [-0.3, -0.25) is 9.59 Å². The fourth-order valence-electron chi connectivity index (χ4n) is 2.46. The largest absolute Gasteiger partial charge is 0.341 e. The molecule has 0 unspecified atom stereocenters. The maximum atomic E-state index is 13.3. The van der Waals surface area contributed by atoms with E-state index < -0.39 is 5.82 Å². The van der Waals surface area contributed by atoms with Gasteiger partial charge >= 0.3 is 0 Å². The molecule has 0 spiro atoms. The molecule has 5 heteroatoms. The Hall–Kier alpha value is -2.69. The van der Waals surface area contributed by atoms with Gasteiger partial charge in [0.25, 0.3) is 0 Å². The van der Waals surface area contributed by atoms with E-state index >= 15 is 0 Å². The maximum Gasteiger partial charge on any atom is 0.224 e. The molecule has 2 rings (SSSR count). The molecule has 0 fully saturated rings. The van der Waals surface area contributed by atoms with Crippen LogP contribution >= 0.6 is 0 Å². The zero-order chi connectivity index (χ0) is 17.5. The number of carbonyl (C=O) groups is 2. The van der Waals surface area contributed by atoms with E-state index in [9.17, 15) is 14.0 Å². The second-order valence-corrected chi connectivity index (χ2v) is 5.64. The highest BCUT2D eigenvalue weighted by molar-refractivity contribution is 5.92. The van der Waals surface area contributed by atoms with Crippen LogP contribution in [0.3, 0.4) is 0 Å². The fourth-order valence-corrected chi connectivity index (χ4v) is 2.46. The molecule has 24 heavy (non-hydrogen) atoms. The van der Waals surface area contributed by atoms with Gasteiger partial charge in [0.05, 0.1) is 0 Å². The van der Waals surface area contributed by atoms with Crippen LogP contribution in [0, 0.1) is 5.82 Å². The average molecular weight is 328 g/mol. The highest BCUT2D eigenvalue weighted by Gasteiger charge is 2.16. The van der Waals surface area contributed by atoms with Gasteiger partial charge in [-0.1, -0.05) is 36.4 Å². The van der Waals surface area contributed by atoms with Gasteiger partial charge in [0, 0.05) is 39.2 Å². The van der Waals surface area contributed by atoms with Gasteiger partial charge in [-0.05, 0) is 23.8 Å². The summed E-state index contributed by atoms with van der Waals surface area (Å²) >= 11 is 0. The normalized spacial score (nSPS) is 10.3. The molecule has 2 aromatic rings. The smallest absolute Gasteiger partial charge is 0.224 e. The summed E-state index contributed by atoms with van der Waals surface area (Å²) in [6.45, 7) is 2.14. The van der Waals surface area contributed by atoms with Crippen molar-refractivity contribution in [1.29, 1.82) is 0 Å². The quantitative estimate of drug-likeness (QED) is 0.817. The second-order valence-electron chi connectivity index (χ2n) is 5.64. The van der Waals surface area contributed by atoms with E-state index in [-0.39, 0.29) is 24.8 Å². The van der Waals surface area contributed by atoms with Gasteiger partial charge in [0.1, 0.15) is 5.82 Å². The highest BCUT2D eigenvalue weighted by Crippen LogP contribution is 2.16. The number of carbonyl (C=O) groups excluding carboxylic acids is 2. The molecule has 2 amide bonds. The van der Waals surface area contributed by atoms with Crippen LogP contribution in [0.5, 0.6) is 0 Å². The van der Waals surface area contributed by atoms with Gasteiger partial charge in [-0.2, -0.15) is 0 Å². The summed E-state index contributed by atoms with van der Waals surface area (Å²) in [6, 6.07) is 15.5. The summed E-state index contributed by atoms with van der Waals surface area (Å²) < 4.78 is 13.3. The third-order valence-corrected chi connectivity index (χ3v) is 3.74. The summed E-state index contributed by atoms with van der Waals surface area (Å²) in [6.07, 6.45) is 0.180. The molecule has 0 radical (unpaired) electrons. The van der Waals surface area contributed by atoms with Crippen molar-refractivity contribution < 1.29 is 14.0 Å². The topological polar surface area (TPSA) is 40.6 Å². The van der Waals surface area contributed by atoms with Crippen molar-refractivity contribution in [3.8, 4) is 0 Å². The van der Waals surface area contributed by atoms with Crippen LogP contribution in [0.2, 0.25) is 0 Å². The predicted octanol–water partition coefficient (Wildman–Crippen LogP) is 3.23. The van der Waals surface area contributed by atoms with E-state index in [1.807, 2.05) is 30.3 Å². The van der Waals surface area contributed by atoms with Crippen LogP contribution in [0.1, 0.15) is 18.9 Å². The number of halogens is 1. The fraction of sp³-hybridized carbons (Fsp3) is 0.263. The number of benzene rings is 2. The Morgan fingerprint density at radius 1 is 1.04 bits per heavy atom. The zero-order valence-electron chi connectivity index (χ0n) is 13.9. The minimum atomic E-state index is -0.411. The minimum Gasteiger partial charge on any atom is -0.341 e. The summed E-state index contributed by atoms with van der Waals surface area (Å²) in [5.74, 6) is -0.702. The van der Waals surface area contributed by atoms with E-state index in [2.05, 4.69) is 0 Å². The zero-order valence-corrected chi connectivity index (χ0v) is 13.9. The monoisotopic (exact) mass is 328 g/mol. The number of anilines is 1. The molecule has 0 N–H and O–H groups in total. The number of rotatable bonds is 6. The first kappa shape index (κ1) is 17.7. The first-order valence-electron chi connectivity index (χ1n) is 7.79. The van der Waals surface area contributed by atoms with Crippen molar-refractivity contribution in [3.63, 3.8) is 0 Å². The Kier molecular flexibility index (Phi) is 6.07. The third kappa shape index (κ3) is 4.91. The van der Waals surface area contributed by atoms with E-state index in [0.29, 0.717) is 12.2 Å². The predicted molar refractivity (Wildman–Crippen MR) is 92.0 cm³/mol. The Balaban J connectivity index is 1.96. The molecule has 126 valence electrons. The molecule has 0 saturated carbocycles. The van der Waals surface area contributed by atoms with E-state index in [1.165, 1.54) is 24.0 Å². The van der Waals surface area contributed by atoms with Crippen molar-refractivity contribution >= 4 is 17.5 Å². The van der Waals surface area contributed by atoms with Gasteiger partial charge < -0.3 is 9.80 Å². The van der Waals surface area contributed by atoms with Crippen LogP contribution in [0.15, 0.2) is 54.6 Å². The standard InChI is InChI=1S/C19H21FN2O2/c1-15(23)22(18-10-6-9-17(20)13-18)12-11-19(24)21(2)14-16-7-4-3-5-8-16/h3-10,13H,11-12,14H2,1-2H3. The summed E-state index contributed by atoms with van der Waals surface area (Å²) in [5.41, 5.74) is 1.50. The van der Waals surface area contributed by atoms with E-state index in [1.54, 1.807) is 24.1 Å². The Labute approximate surface area is 141 Å². The lowest BCUT2D eigenvalue weighted by Crippen LogP contribution is -2.34. The lowest BCUT2D eigenvalue weighted by molar-refractivity contribution is -0.130. The van der Waals surface area contributed by atoms with Crippen molar-refractivity contribution in [2.24, 2.45) is 0 Å². The summed E-state index contributed by atoms with van der Waals surface area (Å²) in [4.78, 5) is 27.1. The van der Waals surface area contributed by atoms with Crippen molar-refractivity contribution in [2.45, 2.75) is 19.9 Å². The van der Waals surface area contributed by atoms with Crippen molar-refractivity contribution in [3.05, 3.63) is 66.0 Å². The number of nitrogens with zero attached hydrogens (tertiary/aromatic N) is 2. The van der Waals surface area contributed by atoms with Crippen LogP contribution < -0.4 is 4.90 Å². The van der Waals surface area contributed by atoms with E-state index in [4.69, 9.17) is 0 Å². The van der Waals surface area contributed by atoms with Crippen molar-refractivity contribution in [2.75, 3.05) is 18.5 Å². The van der Waals surface area contributed by atoms with Gasteiger partial charge in [0.2, 0.25) is 11.8 Å². The van der Waals surface area contributed by atoms with Gasteiger partial charge in [-0.15, -0.1) is 0 Å². The van der Waals surface area contributed by atoms with Crippen molar-refractivity contribution in [1.82, 2.24) is 4.90 Å².